The monoisotopic (exact) mass is 415 g/mol. The number of carbonyl (C=O) groups excluding carboxylic acids is 1. The number of nitriles is 1. The van der Waals surface area contributed by atoms with Gasteiger partial charge in [-0.25, -0.2) is 0 Å². The summed E-state index contributed by atoms with van der Waals surface area (Å²) in [7, 11) is 0. The second-order valence-corrected chi connectivity index (χ2v) is 8.22. The molecule has 0 saturated heterocycles. The lowest BCUT2D eigenvalue weighted by molar-refractivity contribution is -0.149. The molecule has 4 nitrogen and oxygen atoms in total. The molecule has 6 heteroatoms. The van der Waals surface area contributed by atoms with E-state index in [1.54, 1.807) is 30.3 Å². The minimum absolute atomic E-state index is 0.114. The molecule has 1 saturated carbocycles. The molecule has 144 valence electrons. The minimum atomic E-state index is -1.03. The van der Waals surface area contributed by atoms with Crippen LogP contribution in [0.5, 0.6) is 11.5 Å². The Morgan fingerprint density at radius 2 is 1.82 bits per heavy atom. The van der Waals surface area contributed by atoms with Gasteiger partial charge in [0.05, 0.1) is 5.92 Å². The smallest absolute Gasteiger partial charge is 0.311 e. The van der Waals surface area contributed by atoms with Crippen LogP contribution in [0.1, 0.15) is 25.5 Å². The molecule has 0 N–H and O–H groups in total. The van der Waals surface area contributed by atoms with Gasteiger partial charge >= 0.3 is 5.97 Å². The quantitative estimate of drug-likeness (QED) is 0.528. The van der Waals surface area contributed by atoms with Gasteiger partial charge in [0.1, 0.15) is 22.1 Å². The van der Waals surface area contributed by atoms with Gasteiger partial charge in [-0.3, -0.25) is 4.79 Å². The van der Waals surface area contributed by atoms with E-state index in [0.717, 1.165) is 0 Å². The first-order valence-electron chi connectivity index (χ1n) is 8.78. The molecule has 0 aliphatic heterocycles. The van der Waals surface area contributed by atoms with E-state index >= 15 is 0 Å². The van der Waals surface area contributed by atoms with Gasteiger partial charge in [0, 0.05) is 5.56 Å². The van der Waals surface area contributed by atoms with E-state index in [-0.39, 0.29) is 21.7 Å². The molecule has 0 aromatic heterocycles. The molecule has 2 aromatic rings. The van der Waals surface area contributed by atoms with Crippen molar-refractivity contribution in [1.29, 1.82) is 5.26 Å². The Kier molecular flexibility index (Phi) is 5.98. The van der Waals surface area contributed by atoms with Crippen molar-refractivity contribution >= 4 is 29.2 Å². The molecule has 3 rings (SSSR count). The molecule has 1 fully saturated rings. The number of nitrogens with zero attached hydrogens (tertiary/aromatic N) is 1. The normalized spacial score (nSPS) is 20.4. The van der Waals surface area contributed by atoms with Crippen LogP contribution >= 0.6 is 23.2 Å². The van der Waals surface area contributed by atoms with E-state index in [2.05, 4.69) is 0 Å². The summed E-state index contributed by atoms with van der Waals surface area (Å²) in [6.45, 7) is 3.87. The number of para-hydroxylation sites is 1. The summed E-state index contributed by atoms with van der Waals surface area (Å²) in [4.78, 5) is 12.6. The third kappa shape index (κ3) is 4.49. The van der Waals surface area contributed by atoms with Crippen LogP contribution in [0.3, 0.4) is 0 Å². The number of hydrogen-bond donors (Lipinski definition) is 0. The fourth-order valence-corrected chi connectivity index (χ4v) is 3.57. The van der Waals surface area contributed by atoms with Crippen LogP contribution in [0, 0.1) is 28.6 Å². The third-order valence-electron chi connectivity index (χ3n) is 4.96. The molecule has 28 heavy (non-hydrogen) atoms. The molecule has 3 atom stereocenters. The average Bonchev–Trinajstić information content (AvgIpc) is 3.20. The van der Waals surface area contributed by atoms with E-state index in [1.165, 1.54) is 0 Å². The van der Waals surface area contributed by atoms with Crippen LogP contribution in [-0.4, -0.2) is 5.97 Å². The van der Waals surface area contributed by atoms with Crippen LogP contribution in [0.15, 0.2) is 65.2 Å². The zero-order valence-corrected chi connectivity index (χ0v) is 16.9. The fraction of sp³-hybridized carbons (Fsp3) is 0.273. The standard InChI is InChI=1S/C22H19Cl2NO3/c1-22(2)17(12-19(23)24)20(22)21(26)28-18(13-25)14-7-6-10-16(11-14)27-15-8-4-3-5-9-15/h3-12,17-18,20H,1-2H3/t17?,18-,20-/m1/s1. The van der Waals surface area contributed by atoms with E-state index in [9.17, 15) is 10.1 Å². The lowest BCUT2D eigenvalue weighted by Crippen LogP contribution is -2.14. The second-order valence-electron chi connectivity index (χ2n) is 7.21. The Balaban J connectivity index is 1.72. The van der Waals surface area contributed by atoms with Crippen molar-refractivity contribution in [2.24, 2.45) is 17.3 Å². The molecular weight excluding hydrogens is 397 g/mol. The Morgan fingerprint density at radius 3 is 2.46 bits per heavy atom. The second kappa shape index (κ2) is 8.26. The van der Waals surface area contributed by atoms with Crippen molar-refractivity contribution in [3.05, 3.63) is 70.7 Å². The van der Waals surface area contributed by atoms with Crippen LogP contribution in [0.4, 0.5) is 0 Å². The molecule has 0 amide bonds. The van der Waals surface area contributed by atoms with E-state index < -0.39 is 12.1 Å². The minimum Gasteiger partial charge on any atom is -0.457 e. The first-order chi connectivity index (χ1) is 13.3. The van der Waals surface area contributed by atoms with E-state index in [4.69, 9.17) is 32.7 Å². The maximum atomic E-state index is 12.6. The van der Waals surface area contributed by atoms with Gasteiger partial charge in [-0.15, -0.1) is 0 Å². The molecule has 0 bridgehead atoms. The van der Waals surface area contributed by atoms with Gasteiger partial charge in [-0.05, 0) is 41.7 Å². The average molecular weight is 416 g/mol. The summed E-state index contributed by atoms with van der Waals surface area (Å²) in [6, 6.07) is 18.3. The van der Waals surface area contributed by atoms with Crippen molar-refractivity contribution in [2.45, 2.75) is 20.0 Å². The number of hydrogen-bond acceptors (Lipinski definition) is 4. The number of ether oxygens (including phenoxy) is 2. The highest BCUT2D eigenvalue weighted by molar-refractivity contribution is 6.55. The number of carbonyl (C=O) groups is 1. The zero-order chi connectivity index (χ0) is 20.3. The number of benzene rings is 2. The Morgan fingerprint density at radius 1 is 1.14 bits per heavy atom. The number of esters is 1. The zero-order valence-electron chi connectivity index (χ0n) is 15.4. The SMILES string of the molecule is CC1(C)C(C=C(Cl)Cl)[C@@H]1C(=O)O[C@H](C#N)c1cccc(Oc2ccccc2)c1. The molecule has 1 unspecified atom stereocenters. The van der Waals surface area contributed by atoms with Crippen molar-refractivity contribution in [3.63, 3.8) is 0 Å². The summed E-state index contributed by atoms with van der Waals surface area (Å²) in [5.41, 5.74) is 0.231. The predicted molar refractivity (Wildman–Crippen MR) is 108 cm³/mol. The van der Waals surface area contributed by atoms with Gasteiger partial charge in [-0.1, -0.05) is 67.4 Å². The third-order valence-corrected chi connectivity index (χ3v) is 5.21. The van der Waals surface area contributed by atoms with Gasteiger partial charge < -0.3 is 9.47 Å². The van der Waals surface area contributed by atoms with Crippen molar-refractivity contribution in [3.8, 4) is 17.6 Å². The fourth-order valence-electron chi connectivity index (χ4n) is 3.30. The molecule has 0 radical (unpaired) electrons. The van der Waals surface area contributed by atoms with Crippen LogP contribution in [0.25, 0.3) is 0 Å². The first kappa shape index (κ1) is 20.3. The molecule has 0 heterocycles. The maximum Gasteiger partial charge on any atom is 0.311 e. The van der Waals surface area contributed by atoms with Gasteiger partial charge in [0.25, 0.3) is 0 Å². The highest BCUT2D eigenvalue weighted by Crippen LogP contribution is 2.60. The van der Waals surface area contributed by atoms with Gasteiger partial charge in [0.15, 0.2) is 0 Å². The van der Waals surface area contributed by atoms with Gasteiger partial charge in [0.2, 0.25) is 6.10 Å². The predicted octanol–water partition coefficient (Wildman–Crippen LogP) is 6.18. The molecule has 2 aromatic carbocycles. The largest absolute Gasteiger partial charge is 0.457 e. The van der Waals surface area contributed by atoms with Crippen molar-refractivity contribution < 1.29 is 14.3 Å². The summed E-state index contributed by atoms with van der Waals surface area (Å²) in [6.07, 6.45) is 0.615. The van der Waals surface area contributed by atoms with Crippen LogP contribution in [0.2, 0.25) is 0 Å². The summed E-state index contributed by atoms with van der Waals surface area (Å²) in [5.74, 6) is 0.289. The Hall–Kier alpha value is -2.48. The van der Waals surface area contributed by atoms with Crippen LogP contribution in [-0.2, 0) is 9.53 Å². The summed E-state index contributed by atoms with van der Waals surface area (Å²) in [5, 5.41) is 9.53. The lowest BCUT2D eigenvalue weighted by atomic mass is 10.1. The Bertz CT molecular complexity index is 930. The summed E-state index contributed by atoms with van der Waals surface area (Å²) < 4.78 is 11.4. The molecule has 1 aliphatic carbocycles. The van der Waals surface area contributed by atoms with E-state index in [1.807, 2.05) is 50.2 Å². The lowest BCUT2D eigenvalue weighted by Gasteiger charge is -2.13. The first-order valence-corrected chi connectivity index (χ1v) is 9.54. The summed E-state index contributed by atoms with van der Waals surface area (Å²) >= 11 is 11.5. The van der Waals surface area contributed by atoms with Crippen molar-refractivity contribution in [1.82, 2.24) is 0 Å². The molecule has 0 spiro atoms. The molecule has 1 aliphatic rings. The number of rotatable bonds is 6. The topological polar surface area (TPSA) is 59.3 Å². The Labute approximate surface area is 174 Å². The number of allylic oxidation sites excluding steroid dienone is 1. The van der Waals surface area contributed by atoms with Crippen molar-refractivity contribution in [2.75, 3.05) is 0 Å². The van der Waals surface area contributed by atoms with Gasteiger partial charge in [-0.2, -0.15) is 5.26 Å². The van der Waals surface area contributed by atoms with Crippen LogP contribution < -0.4 is 4.74 Å². The molecular formula is C22H19Cl2NO3. The highest BCUT2D eigenvalue weighted by atomic mass is 35.5. The maximum absolute atomic E-state index is 12.6. The number of halogens is 2. The van der Waals surface area contributed by atoms with E-state index in [0.29, 0.717) is 17.1 Å². The highest BCUT2D eigenvalue weighted by Gasteiger charge is 2.62.